The standard InChI is InChI=1S/C13H12ClFN4S/c1-7-6-20-12(17-7)2-3-19-11-5-9(15)8(14)4-10(11)18-13(19)16/h4-6H,2-3H2,1H3,(H2,16,18). The van der Waals surface area contributed by atoms with Gasteiger partial charge in [-0.25, -0.2) is 14.4 Å². The maximum atomic E-state index is 13.6. The van der Waals surface area contributed by atoms with Crippen LogP contribution in [0.4, 0.5) is 10.3 Å². The average molecular weight is 311 g/mol. The Morgan fingerprint density at radius 1 is 1.40 bits per heavy atom. The quantitative estimate of drug-likeness (QED) is 0.806. The van der Waals surface area contributed by atoms with Crippen LogP contribution >= 0.6 is 22.9 Å². The topological polar surface area (TPSA) is 56.7 Å². The van der Waals surface area contributed by atoms with E-state index >= 15 is 0 Å². The van der Waals surface area contributed by atoms with E-state index in [0.717, 1.165) is 17.1 Å². The molecular weight excluding hydrogens is 299 g/mol. The number of hydrogen-bond acceptors (Lipinski definition) is 4. The monoisotopic (exact) mass is 310 g/mol. The summed E-state index contributed by atoms with van der Waals surface area (Å²) in [5.41, 5.74) is 8.15. The van der Waals surface area contributed by atoms with Crippen LogP contribution in [-0.2, 0) is 13.0 Å². The summed E-state index contributed by atoms with van der Waals surface area (Å²) in [6.45, 7) is 2.56. The lowest BCUT2D eigenvalue weighted by atomic mass is 10.3. The van der Waals surface area contributed by atoms with Gasteiger partial charge in [-0.1, -0.05) is 11.6 Å². The second kappa shape index (κ2) is 5.03. The molecular formula is C13H12ClFN4S. The summed E-state index contributed by atoms with van der Waals surface area (Å²) >= 11 is 7.36. The second-order valence-corrected chi connectivity index (χ2v) is 5.86. The summed E-state index contributed by atoms with van der Waals surface area (Å²) in [7, 11) is 0. The van der Waals surface area contributed by atoms with E-state index in [0.29, 0.717) is 23.5 Å². The van der Waals surface area contributed by atoms with Gasteiger partial charge in [-0.3, -0.25) is 0 Å². The van der Waals surface area contributed by atoms with Gasteiger partial charge in [-0.15, -0.1) is 11.3 Å². The Kier molecular flexibility index (Phi) is 3.35. The Balaban J connectivity index is 1.94. The molecule has 0 saturated carbocycles. The fraction of sp³-hybridized carbons (Fsp3) is 0.231. The highest BCUT2D eigenvalue weighted by atomic mass is 35.5. The van der Waals surface area contributed by atoms with Crippen molar-refractivity contribution in [3.63, 3.8) is 0 Å². The van der Waals surface area contributed by atoms with E-state index in [4.69, 9.17) is 17.3 Å². The molecule has 0 radical (unpaired) electrons. The van der Waals surface area contributed by atoms with Crippen LogP contribution in [0.3, 0.4) is 0 Å². The third-order valence-corrected chi connectivity index (χ3v) is 4.35. The molecule has 0 unspecified atom stereocenters. The molecule has 1 aromatic carbocycles. The molecule has 2 heterocycles. The van der Waals surface area contributed by atoms with Gasteiger partial charge in [0.05, 0.1) is 21.1 Å². The number of aromatic nitrogens is 3. The lowest BCUT2D eigenvalue weighted by Crippen LogP contribution is -2.05. The molecule has 0 aliphatic rings. The number of halogens is 2. The summed E-state index contributed by atoms with van der Waals surface area (Å²) < 4.78 is 15.4. The van der Waals surface area contributed by atoms with Gasteiger partial charge in [0.25, 0.3) is 0 Å². The first-order valence-electron chi connectivity index (χ1n) is 6.06. The van der Waals surface area contributed by atoms with Gasteiger partial charge in [0.1, 0.15) is 5.82 Å². The third kappa shape index (κ3) is 2.36. The smallest absolute Gasteiger partial charge is 0.201 e. The first kappa shape index (κ1) is 13.3. The van der Waals surface area contributed by atoms with Gasteiger partial charge in [0.2, 0.25) is 5.95 Å². The van der Waals surface area contributed by atoms with Crippen molar-refractivity contribution in [2.45, 2.75) is 19.9 Å². The highest BCUT2D eigenvalue weighted by Crippen LogP contribution is 2.25. The minimum Gasteiger partial charge on any atom is -0.369 e. The minimum atomic E-state index is -0.467. The summed E-state index contributed by atoms with van der Waals surface area (Å²) in [5, 5.41) is 3.08. The zero-order valence-electron chi connectivity index (χ0n) is 10.7. The minimum absolute atomic E-state index is 0.0534. The molecule has 20 heavy (non-hydrogen) atoms. The number of anilines is 1. The zero-order chi connectivity index (χ0) is 14.3. The number of nitrogen functional groups attached to an aromatic ring is 1. The van der Waals surface area contributed by atoms with Gasteiger partial charge < -0.3 is 10.3 Å². The fourth-order valence-electron chi connectivity index (χ4n) is 2.10. The lowest BCUT2D eigenvalue weighted by molar-refractivity contribution is 0.628. The van der Waals surface area contributed by atoms with Gasteiger partial charge in [0, 0.05) is 30.1 Å². The van der Waals surface area contributed by atoms with Gasteiger partial charge >= 0.3 is 0 Å². The molecule has 0 fully saturated rings. The number of aryl methyl sites for hydroxylation is 3. The molecule has 0 aliphatic carbocycles. The maximum Gasteiger partial charge on any atom is 0.201 e. The summed E-state index contributed by atoms with van der Waals surface area (Å²) in [6, 6.07) is 2.86. The molecule has 3 rings (SSSR count). The Morgan fingerprint density at radius 2 is 2.20 bits per heavy atom. The predicted molar refractivity (Wildman–Crippen MR) is 79.7 cm³/mol. The molecule has 7 heteroatoms. The maximum absolute atomic E-state index is 13.6. The molecule has 104 valence electrons. The highest BCUT2D eigenvalue weighted by molar-refractivity contribution is 7.09. The number of fused-ring (bicyclic) bond motifs is 1. The Morgan fingerprint density at radius 3 is 2.90 bits per heavy atom. The van der Waals surface area contributed by atoms with Gasteiger partial charge in [0.15, 0.2) is 0 Å². The van der Waals surface area contributed by atoms with Crippen molar-refractivity contribution in [1.29, 1.82) is 0 Å². The fourth-order valence-corrected chi connectivity index (χ4v) is 3.02. The lowest BCUT2D eigenvalue weighted by Gasteiger charge is -2.05. The van der Waals surface area contributed by atoms with Crippen molar-refractivity contribution in [3.8, 4) is 0 Å². The van der Waals surface area contributed by atoms with Crippen molar-refractivity contribution in [2.75, 3.05) is 5.73 Å². The molecule has 0 amide bonds. The van der Waals surface area contributed by atoms with E-state index in [1.54, 1.807) is 15.9 Å². The van der Waals surface area contributed by atoms with Crippen LogP contribution in [0.5, 0.6) is 0 Å². The number of thiazole rings is 1. The number of nitrogens with two attached hydrogens (primary N) is 1. The number of rotatable bonds is 3. The van der Waals surface area contributed by atoms with Crippen LogP contribution in [0, 0.1) is 12.7 Å². The van der Waals surface area contributed by atoms with Gasteiger partial charge in [-0.05, 0) is 13.0 Å². The number of hydrogen-bond donors (Lipinski definition) is 1. The van der Waals surface area contributed by atoms with Crippen LogP contribution in [0.15, 0.2) is 17.5 Å². The summed E-state index contributed by atoms with van der Waals surface area (Å²) in [4.78, 5) is 8.61. The molecule has 4 nitrogen and oxygen atoms in total. The Hall–Kier alpha value is -1.66. The Bertz CT molecular complexity index is 780. The average Bonchev–Trinajstić information content (AvgIpc) is 2.92. The summed E-state index contributed by atoms with van der Waals surface area (Å²) in [5.74, 6) is -0.111. The number of imidazole rings is 1. The third-order valence-electron chi connectivity index (χ3n) is 3.04. The van der Waals surface area contributed by atoms with Crippen molar-refractivity contribution >= 4 is 39.9 Å². The number of nitrogens with zero attached hydrogens (tertiary/aromatic N) is 3. The molecule has 0 saturated heterocycles. The molecule has 0 aliphatic heterocycles. The van der Waals surface area contributed by atoms with E-state index < -0.39 is 5.82 Å². The van der Waals surface area contributed by atoms with Gasteiger partial charge in [-0.2, -0.15) is 0 Å². The highest BCUT2D eigenvalue weighted by Gasteiger charge is 2.12. The van der Waals surface area contributed by atoms with Crippen molar-refractivity contribution in [1.82, 2.24) is 14.5 Å². The number of benzene rings is 1. The Labute approximate surface area is 124 Å². The normalized spacial score (nSPS) is 11.3. The van der Waals surface area contributed by atoms with Crippen molar-refractivity contribution in [2.24, 2.45) is 0 Å². The van der Waals surface area contributed by atoms with Crippen LogP contribution in [0.2, 0.25) is 5.02 Å². The van der Waals surface area contributed by atoms with Crippen molar-refractivity contribution in [3.05, 3.63) is 39.1 Å². The molecule has 3 aromatic rings. The van der Waals surface area contributed by atoms with Crippen LogP contribution in [0.25, 0.3) is 11.0 Å². The van der Waals surface area contributed by atoms with Crippen molar-refractivity contribution < 1.29 is 4.39 Å². The molecule has 0 bridgehead atoms. The molecule has 2 N–H and O–H groups in total. The first-order chi connectivity index (χ1) is 9.54. The predicted octanol–water partition coefficient (Wildman–Crippen LogP) is 3.42. The largest absolute Gasteiger partial charge is 0.369 e. The first-order valence-corrected chi connectivity index (χ1v) is 7.32. The zero-order valence-corrected chi connectivity index (χ0v) is 12.3. The summed E-state index contributed by atoms with van der Waals surface area (Å²) in [6.07, 6.45) is 0.735. The molecule has 2 aromatic heterocycles. The van der Waals surface area contributed by atoms with Crippen LogP contribution in [0.1, 0.15) is 10.7 Å². The van der Waals surface area contributed by atoms with Crippen LogP contribution in [-0.4, -0.2) is 14.5 Å². The second-order valence-electron chi connectivity index (χ2n) is 4.51. The van der Waals surface area contributed by atoms with E-state index in [-0.39, 0.29) is 5.02 Å². The van der Waals surface area contributed by atoms with E-state index in [9.17, 15) is 4.39 Å². The van der Waals surface area contributed by atoms with E-state index in [1.165, 1.54) is 12.1 Å². The molecule has 0 atom stereocenters. The van der Waals surface area contributed by atoms with E-state index in [2.05, 4.69) is 9.97 Å². The molecule has 0 spiro atoms. The SMILES string of the molecule is Cc1csc(CCn2c(N)nc3cc(Cl)c(F)cc32)n1. The van der Waals surface area contributed by atoms with Crippen LogP contribution < -0.4 is 5.73 Å². The van der Waals surface area contributed by atoms with E-state index in [1.807, 2.05) is 12.3 Å².